The molecule has 0 aromatic heterocycles. The summed E-state index contributed by atoms with van der Waals surface area (Å²) in [5.41, 5.74) is 0. The summed E-state index contributed by atoms with van der Waals surface area (Å²) >= 11 is 4.50. The summed E-state index contributed by atoms with van der Waals surface area (Å²) in [7, 11) is 2.82. The molecule has 0 unspecified atom stereocenters. The standard InChI is InChI=1S/C20H28I2O6/c1-25-19(23)9-5-3-7-11-27-17-13-16(22)18(14-15(17)21)28-12-8-4-6-10-20(24)26-2/h13-14H,3-12H2,1-2H3. The number of methoxy groups -OCH3 is 2. The molecule has 1 aromatic rings. The van der Waals surface area contributed by atoms with Gasteiger partial charge in [-0.2, -0.15) is 0 Å². The first-order valence-corrected chi connectivity index (χ1v) is 11.5. The fourth-order valence-corrected chi connectivity index (χ4v) is 3.58. The lowest BCUT2D eigenvalue weighted by atomic mass is 10.2. The van der Waals surface area contributed by atoms with E-state index in [1.54, 1.807) is 0 Å². The molecule has 1 rings (SSSR count). The topological polar surface area (TPSA) is 71.1 Å². The zero-order chi connectivity index (χ0) is 20.8. The van der Waals surface area contributed by atoms with Crippen LogP contribution < -0.4 is 9.47 Å². The molecule has 0 aliphatic rings. The molecule has 0 saturated carbocycles. The van der Waals surface area contributed by atoms with Crippen LogP contribution in [0.25, 0.3) is 0 Å². The third-order valence-electron chi connectivity index (χ3n) is 4.01. The van der Waals surface area contributed by atoms with Gasteiger partial charge in [0.2, 0.25) is 0 Å². The average molecular weight is 618 g/mol. The van der Waals surface area contributed by atoms with E-state index in [-0.39, 0.29) is 11.9 Å². The second kappa shape index (κ2) is 15.1. The number of hydrogen-bond acceptors (Lipinski definition) is 6. The highest BCUT2D eigenvalue weighted by Gasteiger charge is 2.09. The number of rotatable bonds is 14. The molecule has 0 amide bonds. The van der Waals surface area contributed by atoms with E-state index in [1.807, 2.05) is 12.1 Å². The summed E-state index contributed by atoms with van der Waals surface area (Å²) < 4.78 is 23.0. The molecule has 0 atom stereocenters. The third kappa shape index (κ3) is 10.7. The first kappa shape index (κ1) is 25.3. The Balaban J connectivity index is 2.29. The van der Waals surface area contributed by atoms with Gasteiger partial charge >= 0.3 is 11.9 Å². The largest absolute Gasteiger partial charge is 0.492 e. The molecule has 28 heavy (non-hydrogen) atoms. The quantitative estimate of drug-likeness (QED) is 0.164. The van der Waals surface area contributed by atoms with Crippen molar-refractivity contribution in [2.45, 2.75) is 51.4 Å². The minimum absolute atomic E-state index is 0.163. The molecule has 0 N–H and O–H groups in total. The fraction of sp³-hybridized carbons (Fsp3) is 0.600. The Labute approximate surface area is 194 Å². The highest BCUT2D eigenvalue weighted by atomic mass is 127. The first-order valence-electron chi connectivity index (χ1n) is 9.36. The van der Waals surface area contributed by atoms with E-state index in [0.29, 0.717) is 26.1 Å². The second-order valence-corrected chi connectivity index (χ2v) is 8.51. The SMILES string of the molecule is COC(=O)CCCCCOc1cc(I)c(OCCCCCC(=O)OC)cc1I. The number of hydrogen-bond donors (Lipinski definition) is 0. The molecule has 0 radical (unpaired) electrons. The summed E-state index contributed by atoms with van der Waals surface area (Å²) in [6.45, 7) is 1.24. The molecule has 0 spiro atoms. The maximum Gasteiger partial charge on any atom is 0.305 e. The zero-order valence-electron chi connectivity index (χ0n) is 16.4. The number of carbonyl (C=O) groups is 2. The fourth-order valence-electron chi connectivity index (χ4n) is 2.40. The van der Waals surface area contributed by atoms with E-state index < -0.39 is 0 Å². The molecule has 0 bridgehead atoms. The van der Waals surface area contributed by atoms with Crippen LogP contribution >= 0.6 is 45.2 Å². The molecule has 6 nitrogen and oxygen atoms in total. The van der Waals surface area contributed by atoms with Crippen LogP contribution in [0.15, 0.2) is 12.1 Å². The van der Waals surface area contributed by atoms with Gasteiger partial charge in [0.1, 0.15) is 11.5 Å². The summed E-state index contributed by atoms with van der Waals surface area (Å²) in [6.07, 6.45) is 6.20. The molecule has 1 aromatic carbocycles. The third-order valence-corrected chi connectivity index (χ3v) is 5.69. The van der Waals surface area contributed by atoms with Gasteiger partial charge in [-0.05, 0) is 95.8 Å². The van der Waals surface area contributed by atoms with Crippen LogP contribution in [0.2, 0.25) is 0 Å². The van der Waals surface area contributed by atoms with Crippen molar-refractivity contribution in [2.75, 3.05) is 27.4 Å². The highest BCUT2D eigenvalue weighted by Crippen LogP contribution is 2.31. The van der Waals surface area contributed by atoms with Crippen LogP contribution in [-0.2, 0) is 19.1 Å². The van der Waals surface area contributed by atoms with Gasteiger partial charge in [0, 0.05) is 12.8 Å². The van der Waals surface area contributed by atoms with Crippen molar-refractivity contribution < 1.29 is 28.5 Å². The number of carbonyl (C=O) groups excluding carboxylic acids is 2. The summed E-state index contributed by atoms with van der Waals surface area (Å²) in [5, 5.41) is 0. The van der Waals surface area contributed by atoms with Crippen molar-refractivity contribution in [3.05, 3.63) is 19.3 Å². The number of benzene rings is 1. The highest BCUT2D eigenvalue weighted by molar-refractivity contribution is 14.1. The Hall–Kier alpha value is -0.780. The first-order chi connectivity index (χ1) is 13.5. The maximum atomic E-state index is 11.1. The predicted molar refractivity (Wildman–Crippen MR) is 124 cm³/mol. The van der Waals surface area contributed by atoms with Crippen LogP contribution in [0.3, 0.4) is 0 Å². The minimum atomic E-state index is -0.163. The zero-order valence-corrected chi connectivity index (χ0v) is 20.7. The molecular weight excluding hydrogens is 590 g/mol. The van der Waals surface area contributed by atoms with E-state index >= 15 is 0 Å². The molecule has 0 fully saturated rings. The summed E-state index contributed by atoms with van der Waals surface area (Å²) in [4.78, 5) is 22.1. The van der Waals surface area contributed by atoms with Crippen molar-refractivity contribution in [1.82, 2.24) is 0 Å². The molecular formula is C20H28I2O6. The van der Waals surface area contributed by atoms with Crippen LogP contribution in [0, 0.1) is 7.14 Å². The van der Waals surface area contributed by atoms with Gasteiger partial charge in [0.15, 0.2) is 0 Å². The normalized spacial score (nSPS) is 10.4. The van der Waals surface area contributed by atoms with Gasteiger partial charge in [-0.15, -0.1) is 0 Å². The van der Waals surface area contributed by atoms with Crippen LogP contribution in [0.4, 0.5) is 0 Å². The van der Waals surface area contributed by atoms with Crippen molar-refractivity contribution in [3.63, 3.8) is 0 Å². The van der Waals surface area contributed by atoms with Crippen molar-refractivity contribution in [2.24, 2.45) is 0 Å². The summed E-state index contributed by atoms with van der Waals surface area (Å²) in [6, 6.07) is 3.98. The smallest absolute Gasteiger partial charge is 0.305 e. The van der Waals surface area contributed by atoms with Crippen molar-refractivity contribution >= 4 is 57.1 Å². The van der Waals surface area contributed by atoms with Gasteiger partial charge in [-0.3, -0.25) is 9.59 Å². The van der Waals surface area contributed by atoms with Crippen LogP contribution in [0.1, 0.15) is 51.4 Å². The monoisotopic (exact) mass is 618 g/mol. The predicted octanol–water partition coefficient (Wildman–Crippen LogP) is 5.12. The molecule has 0 saturated heterocycles. The Morgan fingerprint density at radius 2 is 1.11 bits per heavy atom. The van der Waals surface area contributed by atoms with Gasteiger partial charge in [0.05, 0.1) is 34.6 Å². The molecule has 158 valence electrons. The van der Waals surface area contributed by atoms with E-state index in [9.17, 15) is 9.59 Å². The molecule has 0 heterocycles. The Kier molecular flexibility index (Phi) is 13.6. The number of unbranched alkanes of at least 4 members (excludes halogenated alkanes) is 4. The number of esters is 2. The maximum absolute atomic E-state index is 11.1. The lowest BCUT2D eigenvalue weighted by Gasteiger charge is -2.13. The average Bonchev–Trinajstić information content (AvgIpc) is 2.69. The van der Waals surface area contributed by atoms with E-state index in [2.05, 4.69) is 54.7 Å². The van der Waals surface area contributed by atoms with Crippen LogP contribution in [-0.4, -0.2) is 39.4 Å². The lowest BCUT2D eigenvalue weighted by molar-refractivity contribution is -0.141. The summed E-state index contributed by atoms with van der Waals surface area (Å²) in [5.74, 6) is 1.37. The Morgan fingerprint density at radius 3 is 1.46 bits per heavy atom. The van der Waals surface area contributed by atoms with Crippen LogP contribution in [0.5, 0.6) is 11.5 Å². The molecule has 0 aliphatic heterocycles. The van der Waals surface area contributed by atoms with Gasteiger partial charge in [0.25, 0.3) is 0 Å². The van der Waals surface area contributed by atoms with E-state index in [0.717, 1.165) is 57.2 Å². The lowest BCUT2D eigenvalue weighted by Crippen LogP contribution is -2.04. The van der Waals surface area contributed by atoms with E-state index in [4.69, 9.17) is 9.47 Å². The Morgan fingerprint density at radius 1 is 0.714 bits per heavy atom. The van der Waals surface area contributed by atoms with Crippen molar-refractivity contribution in [1.29, 1.82) is 0 Å². The Bertz CT molecular complexity index is 567. The second-order valence-electron chi connectivity index (χ2n) is 6.18. The molecule has 0 aliphatic carbocycles. The number of ether oxygens (including phenoxy) is 4. The van der Waals surface area contributed by atoms with Gasteiger partial charge in [-0.25, -0.2) is 0 Å². The van der Waals surface area contributed by atoms with Gasteiger partial charge in [-0.1, -0.05) is 0 Å². The minimum Gasteiger partial charge on any atom is -0.492 e. The van der Waals surface area contributed by atoms with E-state index in [1.165, 1.54) is 14.2 Å². The van der Waals surface area contributed by atoms with Crippen molar-refractivity contribution in [3.8, 4) is 11.5 Å². The number of halogens is 2. The van der Waals surface area contributed by atoms with Gasteiger partial charge < -0.3 is 18.9 Å². The molecule has 8 heteroatoms.